The average Bonchev–Trinajstić information content (AvgIpc) is 3.32. The molecule has 0 saturated heterocycles. The zero-order valence-electron chi connectivity index (χ0n) is 23.2. The van der Waals surface area contributed by atoms with Crippen LogP contribution in [0.25, 0.3) is 11.0 Å². The van der Waals surface area contributed by atoms with Crippen LogP contribution in [0.15, 0.2) is 46.9 Å². The van der Waals surface area contributed by atoms with E-state index in [9.17, 15) is 9.59 Å². The van der Waals surface area contributed by atoms with Gasteiger partial charge in [0.2, 0.25) is 0 Å². The second-order valence-electron chi connectivity index (χ2n) is 9.79. The number of hydrogen-bond donors (Lipinski definition) is 2. The fourth-order valence-corrected chi connectivity index (χ4v) is 4.56. The van der Waals surface area contributed by atoms with Crippen LogP contribution in [0.3, 0.4) is 0 Å². The van der Waals surface area contributed by atoms with Crippen LogP contribution in [0.1, 0.15) is 97.8 Å². The normalized spacial score (nSPS) is 11.3. The first kappa shape index (κ1) is 29.4. The van der Waals surface area contributed by atoms with Gasteiger partial charge in [0.1, 0.15) is 17.1 Å². The van der Waals surface area contributed by atoms with E-state index >= 15 is 0 Å². The van der Waals surface area contributed by atoms with Gasteiger partial charge in [0.05, 0.1) is 12.2 Å². The van der Waals surface area contributed by atoms with Gasteiger partial charge in [-0.15, -0.1) is 0 Å². The summed E-state index contributed by atoms with van der Waals surface area (Å²) < 4.78 is 12.0. The van der Waals surface area contributed by atoms with Crippen LogP contribution in [-0.4, -0.2) is 42.8 Å². The number of nitrogens with two attached hydrogens (primary N) is 1. The molecule has 0 aliphatic rings. The average molecular weight is 522 g/mol. The first-order valence-corrected chi connectivity index (χ1v) is 14.1. The SMILES string of the molecule is CCCCc1oc2ccc(C(=O)NN)cc2c1C(=O)c1ccc(OCCCN(CCCC)CCCC)cc1. The van der Waals surface area contributed by atoms with Crippen molar-refractivity contribution in [2.45, 2.75) is 72.1 Å². The second-order valence-corrected chi connectivity index (χ2v) is 9.79. The van der Waals surface area contributed by atoms with Crippen LogP contribution in [0.2, 0.25) is 0 Å². The van der Waals surface area contributed by atoms with Crippen LogP contribution in [0, 0.1) is 0 Å². The molecule has 0 bridgehead atoms. The van der Waals surface area contributed by atoms with E-state index in [1.807, 2.05) is 12.1 Å². The van der Waals surface area contributed by atoms with Crippen molar-refractivity contribution >= 4 is 22.7 Å². The number of benzene rings is 2. The van der Waals surface area contributed by atoms with Crippen LogP contribution in [0.5, 0.6) is 5.75 Å². The van der Waals surface area contributed by atoms with E-state index in [1.165, 1.54) is 25.7 Å². The summed E-state index contributed by atoms with van der Waals surface area (Å²) in [5, 5.41) is 0.623. The number of nitrogen functional groups attached to an aromatic ring is 1. The molecule has 7 heteroatoms. The van der Waals surface area contributed by atoms with Crippen molar-refractivity contribution in [3.63, 3.8) is 0 Å². The fraction of sp³-hybridized carbons (Fsp3) is 0.484. The molecule has 0 atom stereocenters. The van der Waals surface area contributed by atoms with Gasteiger partial charge >= 0.3 is 0 Å². The van der Waals surface area contributed by atoms with Gasteiger partial charge in [-0.1, -0.05) is 40.0 Å². The molecule has 2 aromatic carbocycles. The summed E-state index contributed by atoms with van der Waals surface area (Å²) in [5.41, 5.74) is 4.17. The summed E-state index contributed by atoms with van der Waals surface area (Å²) in [6.45, 7) is 10.5. The number of carbonyl (C=O) groups excluding carboxylic acids is 2. The van der Waals surface area contributed by atoms with Gasteiger partial charge in [0.25, 0.3) is 5.91 Å². The van der Waals surface area contributed by atoms with E-state index < -0.39 is 5.91 Å². The smallest absolute Gasteiger partial charge is 0.265 e. The van der Waals surface area contributed by atoms with Crippen molar-refractivity contribution in [1.29, 1.82) is 0 Å². The van der Waals surface area contributed by atoms with Crippen LogP contribution >= 0.6 is 0 Å². The summed E-state index contributed by atoms with van der Waals surface area (Å²) in [6.07, 6.45) is 8.38. The minimum atomic E-state index is -0.415. The Balaban J connectivity index is 1.70. The molecular formula is C31H43N3O4. The summed E-state index contributed by atoms with van der Waals surface area (Å²) in [7, 11) is 0. The number of amides is 1. The summed E-state index contributed by atoms with van der Waals surface area (Å²) in [5.74, 6) is 6.17. The topological polar surface area (TPSA) is 97.8 Å². The molecule has 7 nitrogen and oxygen atoms in total. The number of nitrogens with zero attached hydrogens (tertiary/aromatic N) is 1. The van der Waals surface area contributed by atoms with Crippen LogP contribution in [-0.2, 0) is 6.42 Å². The highest BCUT2D eigenvalue weighted by molar-refractivity contribution is 6.17. The number of nitrogens with one attached hydrogen (secondary N) is 1. The largest absolute Gasteiger partial charge is 0.494 e. The highest BCUT2D eigenvalue weighted by Crippen LogP contribution is 2.31. The highest BCUT2D eigenvalue weighted by Gasteiger charge is 2.23. The van der Waals surface area contributed by atoms with E-state index in [2.05, 4.69) is 31.1 Å². The molecule has 0 saturated carbocycles. The Morgan fingerprint density at radius 3 is 2.13 bits per heavy atom. The number of hydrazine groups is 1. The van der Waals surface area contributed by atoms with Crippen molar-refractivity contribution in [2.75, 3.05) is 26.2 Å². The molecule has 3 N–H and O–H groups in total. The number of rotatable bonds is 17. The van der Waals surface area contributed by atoms with E-state index in [4.69, 9.17) is 15.0 Å². The maximum absolute atomic E-state index is 13.6. The molecule has 1 heterocycles. The van der Waals surface area contributed by atoms with Crippen molar-refractivity contribution in [1.82, 2.24) is 10.3 Å². The van der Waals surface area contributed by atoms with Gasteiger partial charge in [0.15, 0.2) is 5.78 Å². The first-order valence-electron chi connectivity index (χ1n) is 14.1. The molecule has 0 radical (unpaired) electrons. The number of furan rings is 1. The lowest BCUT2D eigenvalue weighted by atomic mass is 9.97. The molecule has 0 aliphatic heterocycles. The van der Waals surface area contributed by atoms with Crippen molar-refractivity contribution in [2.24, 2.45) is 5.84 Å². The number of ether oxygens (including phenoxy) is 1. The van der Waals surface area contributed by atoms with Gasteiger partial charge in [-0.05, 0) is 81.2 Å². The molecule has 0 fully saturated rings. The maximum Gasteiger partial charge on any atom is 0.265 e. The van der Waals surface area contributed by atoms with Crippen molar-refractivity contribution in [3.05, 3.63) is 64.9 Å². The second kappa shape index (κ2) is 15.3. The van der Waals surface area contributed by atoms with Gasteiger partial charge in [0, 0.05) is 29.5 Å². The zero-order valence-corrected chi connectivity index (χ0v) is 23.2. The minimum absolute atomic E-state index is 0.130. The van der Waals surface area contributed by atoms with Gasteiger partial charge in [-0.3, -0.25) is 15.0 Å². The Kier molecular flexibility index (Phi) is 11.8. The van der Waals surface area contributed by atoms with E-state index in [1.54, 1.807) is 30.3 Å². The minimum Gasteiger partial charge on any atom is -0.494 e. The number of fused-ring (bicyclic) bond motifs is 1. The fourth-order valence-electron chi connectivity index (χ4n) is 4.56. The first-order chi connectivity index (χ1) is 18.5. The Morgan fingerprint density at radius 2 is 1.50 bits per heavy atom. The summed E-state index contributed by atoms with van der Waals surface area (Å²) >= 11 is 0. The van der Waals surface area contributed by atoms with Crippen molar-refractivity contribution < 1.29 is 18.7 Å². The molecule has 1 aromatic heterocycles. The molecule has 3 rings (SSSR count). The summed E-state index contributed by atoms with van der Waals surface area (Å²) in [4.78, 5) is 28.3. The number of carbonyl (C=O) groups is 2. The quantitative estimate of drug-likeness (QED) is 0.0713. The third-order valence-electron chi connectivity index (χ3n) is 6.80. The molecule has 3 aromatic rings. The molecule has 0 aliphatic carbocycles. The van der Waals surface area contributed by atoms with Crippen LogP contribution in [0.4, 0.5) is 0 Å². The lowest BCUT2D eigenvalue weighted by Gasteiger charge is -2.21. The monoisotopic (exact) mass is 521 g/mol. The van der Waals surface area contributed by atoms with Crippen molar-refractivity contribution in [3.8, 4) is 5.75 Å². The number of aryl methyl sites for hydroxylation is 1. The maximum atomic E-state index is 13.6. The Hall–Kier alpha value is -3.16. The Morgan fingerprint density at radius 1 is 0.868 bits per heavy atom. The number of unbranched alkanes of at least 4 members (excludes halogenated alkanes) is 3. The third-order valence-corrected chi connectivity index (χ3v) is 6.80. The third kappa shape index (κ3) is 7.92. The number of hydrogen-bond acceptors (Lipinski definition) is 6. The highest BCUT2D eigenvalue weighted by atomic mass is 16.5. The standard InChI is InChI=1S/C31H43N3O4/c1-4-7-11-28-29(26-22-24(31(36)33-32)14-17-27(26)38-28)30(35)23-12-15-25(16-13-23)37-21-10-20-34(18-8-5-2)19-9-6-3/h12-17,22H,4-11,18-21,32H2,1-3H3,(H,33,36). The molecule has 0 spiro atoms. The van der Waals surface area contributed by atoms with Gasteiger partial charge in [-0.25, -0.2) is 5.84 Å². The zero-order chi connectivity index (χ0) is 27.3. The lowest BCUT2D eigenvalue weighted by molar-refractivity contribution is 0.0952. The Labute approximate surface area is 226 Å². The Bertz CT molecular complexity index is 1160. The van der Waals surface area contributed by atoms with E-state index in [-0.39, 0.29) is 5.78 Å². The lowest BCUT2D eigenvalue weighted by Crippen LogP contribution is -2.29. The van der Waals surface area contributed by atoms with Gasteiger partial charge in [-0.2, -0.15) is 0 Å². The molecular weight excluding hydrogens is 478 g/mol. The molecule has 0 unspecified atom stereocenters. The molecule has 1 amide bonds. The molecule has 206 valence electrons. The number of ketones is 1. The van der Waals surface area contributed by atoms with E-state index in [0.29, 0.717) is 46.4 Å². The molecule has 38 heavy (non-hydrogen) atoms. The summed E-state index contributed by atoms with van der Waals surface area (Å²) in [6, 6.07) is 12.3. The van der Waals surface area contributed by atoms with Gasteiger partial charge < -0.3 is 14.1 Å². The van der Waals surface area contributed by atoms with E-state index in [0.717, 1.165) is 44.6 Å². The predicted molar refractivity (Wildman–Crippen MR) is 153 cm³/mol. The van der Waals surface area contributed by atoms with Crippen LogP contribution < -0.4 is 16.0 Å². The predicted octanol–water partition coefficient (Wildman–Crippen LogP) is 6.28.